The van der Waals surface area contributed by atoms with Gasteiger partial charge in [-0.3, -0.25) is 4.79 Å². The van der Waals surface area contributed by atoms with Crippen molar-refractivity contribution in [3.05, 3.63) is 35.4 Å². The molecule has 86 valence electrons. The van der Waals surface area contributed by atoms with Crippen LogP contribution in [-0.4, -0.2) is 18.5 Å². The van der Waals surface area contributed by atoms with Crippen molar-refractivity contribution in [3.63, 3.8) is 0 Å². The molecule has 1 aliphatic rings. The molecule has 1 unspecified atom stereocenters. The lowest BCUT2D eigenvalue weighted by atomic mass is 10.0. The highest BCUT2D eigenvalue weighted by Gasteiger charge is 2.17. The Kier molecular flexibility index (Phi) is 3.73. The van der Waals surface area contributed by atoms with Crippen molar-refractivity contribution in [1.82, 2.24) is 0 Å². The van der Waals surface area contributed by atoms with E-state index in [2.05, 4.69) is 0 Å². The molecule has 0 amide bonds. The molecule has 2 heteroatoms. The van der Waals surface area contributed by atoms with Gasteiger partial charge in [0, 0.05) is 18.6 Å². The van der Waals surface area contributed by atoms with Crippen LogP contribution in [0.2, 0.25) is 0 Å². The quantitative estimate of drug-likeness (QED) is 0.726. The Morgan fingerprint density at radius 3 is 2.75 bits per heavy atom. The molecule has 1 atom stereocenters. The van der Waals surface area contributed by atoms with Gasteiger partial charge in [-0.1, -0.05) is 29.8 Å². The first-order valence-electron chi connectivity index (χ1n) is 5.97. The second-order valence-electron chi connectivity index (χ2n) is 4.46. The lowest BCUT2D eigenvalue weighted by Crippen LogP contribution is -2.08. The van der Waals surface area contributed by atoms with E-state index < -0.39 is 0 Å². The summed E-state index contributed by atoms with van der Waals surface area (Å²) >= 11 is 0. The minimum atomic E-state index is 0.232. The summed E-state index contributed by atoms with van der Waals surface area (Å²) in [5.74, 6) is 0.232. The normalized spacial score (nSPS) is 19.9. The molecule has 16 heavy (non-hydrogen) atoms. The van der Waals surface area contributed by atoms with E-state index in [9.17, 15) is 4.79 Å². The van der Waals surface area contributed by atoms with Crippen molar-refractivity contribution in [2.24, 2.45) is 0 Å². The number of carbonyl (C=O) groups excluding carboxylic acids is 1. The third kappa shape index (κ3) is 2.92. The molecule has 2 nitrogen and oxygen atoms in total. The van der Waals surface area contributed by atoms with Crippen LogP contribution in [0, 0.1) is 6.92 Å². The minimum absolute atomic E-state index is 0.232. The second-order valence-corrected chi connectivity index (χ2v) is 4.46. The zero-order valence-corrected chi connectivity index (χ0v) is 9.74. The maximum Gasteiger partial charge on any atom is 0.162 e. The fourth-order valence-corrected chi connectivity index (χ4v) is 2.05. The van der Waals surface area contributed by atoms with Crippen LogP contribution in [0.25, 0.3) is 0 Å². The van der Waals surface area contributed by atoms with Gasteiger partial charge < -0.3 is 4.74 Å². The second kappa shape index (κ2) is 5.26. The van der Waals surface area contributed by atoms with Crippen LogP contribution < -0.4 is 0 Å². The number of benzene rings is 1. The summed E-state index contributed by atoms with van der Waals surface area (Å²) in [6, 6.07) is 7.79. The molecule has 2 rings (SSSR count). The van der Waals surface area contributed by atoms with E-state index in [1.807, 2.05) is 31.2 Å². The molecular weight excluding hydrogens is 200 g/mol. The van der Waals surface area contributed by atoms with E-state index in [0.29, 0.717) is 12.5 Å². The fraction of sp³-hybridized carbons (Fsp3) is 0.500. The molecular formula is C14H18O2. The van der Waals surface area contributed by atoms with Crippen molar-refractivity contribution in [1.29, 1.82) is 0 Å². The molecule has 0 aliphatic carbocycles. The van der Waals surface area contributed by atoms with E-state index in [-0.39, 0.29) is 5.78 Å². The zero-order chi connectivity index (χ0) is 11.4. The molecule has 0 aromatic heterocycles. The third-order valence-electron chi connectivity index (χ3n) is 3.09. The number of rotatable bonds is 4. The number of carbonyl (C=O) groups is 1. The molecule has 0 radical (unpaired) electrons. The molecule has 1 aromatic rings. The van der Waals surface area contributed by atoms with Crippen molar-refractivity contribution < 1.29 is 9.53 Å². The van der Waals surface area contributed by atoms with Crippen LogP contribution in [-0.2, 0) is 4.74 Å². The average molecular weight is 218 g/mol. The van der Waals surface area contributed by atoms with E-state index in [0.717, 1.165) is 31.4 Å². The zero-order valence-electron chi connectivity index (χ0n) is 9.74. The van der Waals surface area contributed by atoms with Gasteiger partial charge in [0.25, 0.3) is 0 Å². The Morgan fingerprint density at radius 1 is 1.38 bits per heavy atom. The summed E-state index contributed by atoms with van der Waals surface area (Å²) in [6.07, 6.45) is 4.04. The van der Waals surface area contributed by atoms with Crippen LogP contribution in [0.15, 0.2) is 24.3 Å². The number of hydrogen-bond donors (Lipinski definition) is 0. The highest BCUT2D eigenvalue weighted by molar-refractivity contribution is 5.96. The smallest absolute Gasteiger partial charge is 0.162 e. The molecule has 1 aromatic carbocycles. The molecule has 0 saturated carbocycles. The summed E-state index contributed by atoms with van der Waals surface area (Å²) < 4.78 is 5.51. The van der Waals surface area contributed by atoms with Crippen LogP contribution in [0.3, 0.4) is 0 Å². The summed E-state index contributed by atoms with van der Waals surface area (Å²) in [4.78, 5) is 11.9. The largest absolute Gasteiger partial charge is 0.378 e. The van der Waals surface area contributed by atoms with Crippen LogP contribution >= 0.6 is 0 Å². The van der Waals surface area contributed by atoms with E-state index >= 15 is 0 Å². The van der Waals surface area contributed by atoms with Gasteiger partial charge in [-0.2, -0.15) is 0 Å². The number of aryl methyl sites for hydroxylation is 1. The maximum absolute atomic E-state index is 11.9. The Morgan fingerprint density at radius 2 is 2.12 bits per heavy atom. The Hall–Kier alpha value is -1.15. The van der Waals surface area contributed by atoms with E-state index in [4.69, 9.17) is 4.74 Å². The number of Topliss-reactive ketones (excluding diaryl/α,β-unsaturated/α-hetero) is 1. The van der Waals surface area contributed by atoms with Crippen molar-refractivity contribution in [2.45, 2.75) is 38.7 Å². The summed E-state index contributed by atoms with van der Waals surface area (Å²) in [5, 5.41) is 0. The van der Waals surface area contributed by atoms with Crippen molar-refractivity contribution in [3.8, 4) is 0 Å². The van der Waals surface area contributed by atoms with E-state index in [1.165, 1.54) is 5.56 Å². The van der Waals surface area contributed by atoms with Crippen LogP contribution in [0.1, 0.15) is 41.6 Å². The molecule has 1 saturated heterocycles. The van der Waals surface area contributed by atoms with Crippen LogP contribution in [0.5, 0.6) is 0 Å². The van der Waals surface area contributed by atoms with Crippen molar-refractivity contribution in [2.75, 3.05) is 6.61 Å². The highest BCUT2D eigenvalue weighted by Crippen LogP contribution is 2.18. The minimum Gasteiger partial charge on any atom is -0.378 e. The monoisotopic (exact) mass is 218 g/mol. The van der Waals surface area contributed by atoms with Gasteiger partial charge in [-0.25, -0.2) is 0 Å². The summed E-state index contributed by atoms with van der Waals surface area (Å²) in [5.41, 5.74) is 2.01. The van der Waals surface area contributed by atoms with Gasteiger partial charge in [0.1, 0.15) is 0 Å². The molecule has 1 heterocycles. The van der Waals surface area contributed by atoms with Gasteiger partial charge in [-0.15, -0.1) is 0 Å². The Labute approximate surface area is 96.6 Å². The average Bonchev–Trinajstić information content (AvgIpc) is 2.80. The number of ether oxygens (including phenoxy) is 1. The topological polar surface area (TPSA) is 26.3 Å². The lowest BCUT2D eigenvalue weighted by molar-refractivity contribution is 0.0859. The lowest BCUT2D eigenvalue weighted by Gasteiger charge is -2.08. The predicted octanol–water partition coefficient (Wildman–Crippen LogP) is 3.14. The summed E-state index contributed by atoms with van der Waals surface area (Å²) in [6.45, 7) is 2.89. The standard InChI is InChI=1S/C14H18O2/c1-11-4-6-12(7-5-11)14(15)9-8-13-3-2-10-16-13/h4-7,13H,2-3,8-10H2,1H3. The fourth-order valence-electron chi connectivity index (χ4n) is 2.05. The highest BCUT2D eigenvalue weighted by atomic mass is 16.5. The first-order valence-corrected chi connectivity index (χ1v) is 5.97. The van der Waals surface area contributed by atoms with Gasteiger partial charge in [0.2, 0.25) is 0 Å². The summed E-state index contributed by atoms with van der Waals surface area (Å²) in [7, 11) is 0. The van der Waals surface area contributed by atoms with Gasteiger partial charge in [0.15, 0.2) is 5.78 Å². The SMILES string of the molecule is Cc1ccc(C(=O)CCC2CCCO2)cc1. The van der Waals surface area contributed by atoms with E-state index in [1.54, 1.807) is 0 Å². The van der Waals surface area contributed by atoms with Crippen LogP contribution in [0.4, 0.5) is 0 Å². The third-order valence-corrected chi connectivity index (χ3v) is 3.09. The molecule has 1 aliphatic heterocycles. The van der Waals surface area contributed by atoms with Crippen molar-refractivity contribution >= 4 is 5.78 Å². The Balaban J connectivity index is 1.85. The Bertz CT molecular complexity index is 348. The predicted molar refractivity (Wildman–Crippen MR) is 63.7 cm³/mol. The van der Waals surface area contributed by atoms with Gasteiger partial charge >= 0.3 is 0 Å². The first-order chi connectivity index (χ1) is 7.75. The first kappa shape index (κ1) is 11.3. The molecule has 1 fully saturated rings. The number of hydrogen-bond acceptors (Lipinski definition) is 2. The molecule has 0 N–H and O–H groups in total. The van der Waals surface area contributed by atoms with Gasteiger partial charge in [0.05, 0.1) is 6.10 Å². The number of ketones is 1. The van der Waals surface area contributed by atoms with Gasteiger partial charge in [-0.05, 0) is 26.2 Å². The maximum atomic E-state index is 11.9. The molecule has 0 spiro atoms. The molecule has 0 bridgehead atoms.